The largest absolute Gasteiger partial charge is 0.384 e. The third-order valence-corrected chi connectivity index (χ3v) is 4.19. The highest BCUT2D eigenvalue weighted by Gasteiger charge is 2.55. The highest BCUT2D eigenvalue weighted by atomic mass is 15.3. The van der Waals surface area contributed by atoms with Gasteiger partial charge in [-0.25, -0.2) is 0 Å². The lowest BCUT2D eigenvalue weighted by Gasteiger charge is -2.32. The Morgan fingerprint density at radius 2 is 1.42 bits per heavy atom. The minimum atomic E-state index is -1.66. The molecule has 2 aromatic rings. The number of para-hydroxylation sites is 1. The normalized spacial score (nSPS) is 18.5. The Labute approximate surface area is 140 Å². The first kappa shape index (κ1) is 15.2. The predicted molar refractivity (Wildman–Crippen MR) is 88.6 cm³/mol. The third-order valence-electron chi connectivity index (χ3n) is 4.19. The van der Waals surface area contributed by atoms with Crippen LogP contribution in [-0.2, 0) is 0 Å². The Kier molecular flexibility index (Phi) is 3.66. The zero-order valence-electron chi connectivity index (χ0n) is 12.7. The van der Waals surface area contributed by atoms with E-state index in [4.69, 9.17) is 5.73 Å². The van der Waals surface area contributed by atoms with Crippen molar-refractivity contribution in [1.82, 2.24) is 0 Å². The molecule has 1 heterocycles. The lowest BCUT2D eigenvalue weighted by Crippen LogP contribution is -2.34. The molecule has 0 unspecified atom stereocenters. The molecule has 2 N–H and O–H groups in total. The number of rotatable bonds is 2. The van der Waals surface area contributed by atoms with Gasteiger partial charge in [-0.3, -0.25) is 0 Å². The second-order valence-electron chi connectivity index (χ2n) is 5.42. The number of benzene rings is 2. The van der Waals surface area contributed by atoms with Crippen LogP contribution in [0.5, 0.6) is 0 Å². The van der Waals surface area contributed by atoms with Gasteiger partial charge in [0.05, 0.1) is 18.2 Å². The van der Waals surface area contributed by atoms with E-state index in [9.17, 15) is 15.8 Å². The molecule has 1 aliphatic heterocycles. The van der Waals surface area contributed by atoms with Gasteiger partial charge in [0, 0.05) is 5.69 Å². The minimum Gasteiger partial charge on any atom is -0.384 e. The molecule has 3 rings (SSSR count). The van der Waals surface area contributed by atoms with Crippen LogP contribution < -0.4 is 10.6 Å². The van der Waals surface area contributed by atoms with Gasteiger partial charge in [-0.2, -0.15) is 15.8 Å². The molecular formula is C19H13N5. The number of nitrogens with zero attached hydrogens (tertiary/aromatic N) is 4. The molecule has 114 valence electrons. The fourth-order valence-corrected chi connectivity index (χ4v) is 3.11. The fraction of sp³-hybridized carbons (Fsp3) is 0.105. The van der Waals surface area contributed by atoms with Crippen LogP contribution in [0.3, 0.4) is 0 Å². The maximum atomic E-state index is 9.79. The molecule has 0 aliphatic carbocycles. The molecular weight excluding hydrogens is 298 g/mol. The van der Waals surface area contributed by atoms with Crippen LogP contribution in [0.15, 0.2) is 72.1 Å². The zero-order valence-corrected chi connectivity index (χ0v) is 12.7. The number of nitriles is 3. The van der Waals surface area contributed by atoms with Crippen molar-refractivity contribution in [3.63, 3.8) is 0 Å². The first-order valence-corrected chi connectivity index (χ1v) is 7.31. The van der Waals surface area contributed by atoms with Crippen LogP contribution in [0.2, 0.25) is 0 Å². The van der Waals surface area contributed by atoms with Crippen molar-refractivity contribution in [1.29, 1.82) is 15.8 Å². The smallest absolute Gasteiger partial charge is 0.206 e. The summed E-state index contributed by atoms with van der Waals surface area (Å²) in [6.07, 6.45) is 0. The summed E-state index contributed by atoms with van der Waals surface area (Å²) in [5.74, 6) is 0.139. The average molecular weight is 311 g/mol. The second kappa shape index (κ2) is 5.80. The Bertz CT molecular complexity index is 896. The molecule has 24 heavy (non-hydrogen) atoms. The molecule has 0 amide bonds. The van der Waals surface area contributed by atoms with Crippen molar-refractivity contribution in [2.45, 2.75) is 6.04 Å². The molecule has 0 spiro atoms. The molecule has 0 fully saturated rings. The number of nitrogens with two attached hydrogens (primary N) is 1. The topological polar surface area (TPSA) is 101 Å². The standard InChI is InChI=1S/C19H13N5/c20-11-16-18(23)24(15-9-5-2-6-10-15)17(19(16,12-21)13-22)14-7-3-1-4-8-14/h1-10,17H,23H2/t17-/m0/s1. The summed E-state index contributed by atoms with van der Waals surface area (Å²) in [6, 6.07) is 23.8. The van der Waals surface area contributed by atoms with Gasteiger partial charge in [-0.1, -0.05) is 48.5 Å². The van der Waals surface area contributed by atoms with Gasteiger partial charge in [-0.05, 0) is 17.7 Å². The minimum absolute atomic E-state index is 0.00907. The molecule has 0 saturated heterocycles. The van der Waals surface area contributed by atoms with E-state index < -0.39 is 11.5 Å². The Hall–Kier alpha value is -3.75. The van der Waals surface area contributed by atoms with Gasteiger partial charge in [0.1, 0.15) is 17.5 Å². The summed E-state index contributed by atoms with van der Waals surface area (Å²) in [5, 5.41) is 29.1. The highest BCUT2D eigenvalue weighted by Crippen LogP contribution is 2.52. The average Bonchev–Trinajstić information content (AvgIpc) is 2.91. The molecule has 0 saturated carbocycles. The van der Waals surface area contributed by atoms with E-state index in [2.05, 4.69) is 0 Å². The van der Waals surface area contributed by atoms with Gasteiger partial charge in [0.15, 0.2) is 0 Å². The van der Waals surface area contributed by atoms with E-state index >= 15 is 0 Å². The Balaban J connectivity index is 2.31. The van der Waals surface area contributed by atoms with Crippen LogP contribution in [-0.4, -0.2) is 0 Å². The summed E-state index contributed by atoms with van der Waals surface area (Å²) in [6.45, 7) is 0. The molecule has 5 heteroatoms. The summed E-state index contributed by atoms with van der Waals surface area (Å²) >= 11 is 0. The Morgan fingerprint density at radius 1 is 0.875 bits per heavy atom. The molecule has 1 atom stereocenters. The summed E-state index contributed by atoms with van der Waals surface area (Å²) < 4.78 is 0. The van der Waals surface area contributed by atoms with Crippen LogP contribution >= 0.6 is 0 Å². The van der Waals surface area contributed by atoms with E-state index in [1.165, 1.54) is 0 Å². The molecule has 2 aromatic carbocycles. The highest BCUT2D eigenvalue weighted by molar-refractivity contribution is 5.66. The van der Waals surface area contributed by atoms with Crippen LogP contribution in [0.25, 0.3) is 0 Å². The van der Waals surface area contributed by atoms with E-state index in [-0.39, 0.29) is 11.4 Å². The van der Waals surface area contributed by atoms with Gasteiger partial charge < -0.3 is 10.6 Å². The molecule has 0 bridgehead atoms. The van der Waals surface area contributed by atoms with Crippen molar-refractivity contribution in [3.05, 3.63) is 77.6 Å². The quantitative estimate of drug-likeness (QED) is 0.918. The fourth-order valence-electron chi connectivity index (χ4n) is 3.11. The summed E-state index contributed by atoms with van der Waals surface area (Å²) in [4.78, 5) is 1.69. The number of hydrogen-bond acceptors (Lipinski definition) is 5. The summed E-state index contributed by atoms with van der Waals surface area (Å²) in [7, 11) is 0. The Morgan fingerprint density at radius 3 is 1.92 bits per heavy atom. The first-order valence-electron chi connectivity index (χ1n) is 7.31. The van der Waals surface area contributed by atoms with Crippen molar-refractivity contribution < 1.29 is 0 Å². The number of hydrogen-bond donors (Lipinski definition) is 1. The van der Waals surface area contributed by atoms with Gasteiger partial charge >= 0.3 is 0 Å². The molecule has 0 aromatic heterocycles. The van der Waals surface area contributed by atoms with Crippen molar-refractivity contribution in [2.24, 2.45) is 11.1 Å². The van der Waals surface area contributed by atoms with Crippen LogP contribution in [0.4, 0.5) is 5.69 Å². The van der Waals surface area contributed by atoms with Crippen LogP contribution in [0, 0.1) is 39.4 Å². The molecule has 0 radical (unpaired) electrons. The third kappa shape index (κ3) is 1.99. The predicted octanol–water partition coefficient (Wildman–Crippen LogP) is 2.98. The van der Waals surface area contributed by atoms with E-state index in [1.807, 2.05) is 78.9 Å². The maximum Gasteiger partial charge on any atom is 0.206 e. The van der Waals surface area contributed by atoms with Crippen molar-refractivity contribution in [3.8, 4) is 18.2 Å². The van der Waals surface area contributed by atoms with Gasteiger partial charge in [0.25, 0.3) is 0 Å². The van der Waals surface area contributed by atoms with Gasteiger partial charge in [-0.15, -0.1) is 0 Å². The van der Waals surface area contributed by atoms with E-state index in [0.29, 0.717) is 0 Å². The zero-order chi connectivity index (χ0) is 17.2. The van der Waals surface area contributed by atoms with E-state index in [0.717, 1.165) is 11.3 Å². The first-order chi connectivity index (χ1) is 11.7. The van der Waals surface area contributed by atoms with E-state index in [1.54, 1.807) is 4.90 Å². The SMILES string of the molecule is N#CC1=C(N)N(c2ccccc2)[C@@H](c2ccccc2)C1(C#N)C#N. The summed E-state index contributed by atoms with van der Waals surface area (Å²) in [5.41, 5.74) is 6.01. The van der Waals surface area contributed by atoms with Gasteiger partial charge in [0.2, 0.25) is 5.41 Å². The molecule has 5 nitrogen and oxygen atoms in total. The van der Waals surface area contributed by atoms with Crippen molar-refractivity contribution >= 4 is 5.69 Å². The van der Waals surface area contributed by atoms with Crippen LogP contribution in [0.1, 0.15) is 11.6 Å². The lowest BCUT2D eigenvalue weighted by molar-refractivity contribution is 0.521. The maximum absolute atomic E-state index is 9.79. The lowest BCUT2D eigenvalue weighted by atomic mass is 9.76. The number of anilines is 1. The van der Waals surface area contributed by atoms with Crippen molar-refractivity contribution in [2.75, 3.05) is 4.90 Å². The second-order valence-corrected chi connectivity index (χ2v) is 5.42. The monoisotopic (exact) mass is 311 g/mol. The molecule has 1 aliphatic rings.